The van der Waals surface area contributed by atoms with E-state index < -0.39 is 47.5 Å². The van der Waals surface area contributed by atoms with E-state index in [2.05, 4.69) is 0 Å². The molecule has 0 heterocycles. The number of halogens is 5. The molecule has 0 spiro atoms. The van der Waals surface area contributed by atoms with E-state index in [4.69, 9.17) is 58.0 Å². The van der Waals surface area contributed by atoms with Gasteiger partial charge in [0.1, 0.15) is 15.7 Å². The maximum atomic E-state index is 13.6. The zero-order valence-corrected chi connectivity index (χ0v) is 20.1. The van der Waals surface area contributed by atoms with Gasteiger partial charge in [0, 0.05) is 10.6 Å². The van der Waals surface area contributed by atoms with Gasteiger partial charge in [-0.2, -0.15) is 4.31 Å². The van der Waals surface area contributed by atoms with E-state index in [-0.39, 0.29) is 10.5 Å². The number of amides is 1. The molecule has 162 valence electrons. The number of carbonyl (C=O) groups is 1. The van der Waals surface area contributed by atoms with Crippen molar-refractivity contribution in [2.24, 2.45) is 0 Å². The Hall–Kier alpha value is -1.67. The lowest BCUT2D eigenvalue weighted by Gasteiger charge is -2.26. The van der Waals surface area contributed by atoms with Crippen LogP contribution in [0.2, 0.25) is 25.1 Å². The fourth-order valence-electron chi connectivity index (χ4n) is 2.64. The minimum Gasteiger partial charge on any atom is -0.505 e. The monoisotopic (exact) mass is 537 g/mol. The van der Waals surface area contributed by atoms with E-state index in [0.29, 0.717) is 9.33 Å². The van der Waals surface area contributed by atoms with Crippen LogP contribution in [-0.2, 0) is 10.0 Å². The van der Waals surface area contributed by atoms with Gasteiger partial charge >= 0.3 is 0 Å². The standard InChI is InChI=1S/C20H12Cl5NO4S/c1-10-2-8-13(9-3-10)31(29,30)26(20(28)11-4-6-12(21)7-5-11)18-14(22)16(24)19(27)17(25)15(18)23/h2-9,27H,1H3. The van der Waals surface area contributed by atoms with Gasteiger partial charge in [-0.25, -0.2) is 8.42 Å². The van der Waals surface area contributed by atoms with Crippen LogP contribution in [0.3, 0.4) is 0 Å². The number of anilines is 1. The van der Waals surface area contributed by atoms with Crippen molar-refractivity contribution in [3.8, 4) is 5.75 Å². The highest BCUT2D eigenvalue weighted by molar-refractivity contribution is 7.93. The fraction of sp³-hybridized carbons (Fsp3) is 0.0500. The SMILES string of the molecule is Cc1ccc(S(=O)(=O)N(C(=O)c2ccc(Cl)cc2)c2c(Cl)c(Cl)c(O)c(Cl)c2Cl)cc1. The predicted molar refractivity (Wildman–Crippen MR) is 125 cm³/mol. The van der Waals surface area contributed by atoms with Gasteiger partial charge in [-0.05, 0) is 43.3 Å². The van der Waals surface area contributed by atoms with E-state index in [9.17, 15) is 18.3 Å². The van der Waals surface area contributed by atoms with Crippen LogP contribution in [-0.4, -0.2) is 19.4 Å². The highest BCUT2D eigenvalue weighted by Crippen LogP contribution is 2.50. The van der Waals surface area contributed by atoms with Gasteiger partial charge in [0.15, 0.2) is 5.75 Å². The summed E-state index contributed by atoms with van der Waals surface area (Å²) in [4.78, 5) is 13.2. The number of benzene rings is 3. The lowest BCUT2D eigenvalue weighted by molar-refractivity contribution is 0.101. The Kier molecular flexibility index (Phi) is 7.01. The van der Waals surface area contributed by atoms with Crippen LogP contribution in [0.25, 0.3) is 0 Å². The number of aromatic hydroxyl groups is 1. The predicted octanol–water partition coefficient (Wildman–Crippen LogP) is 7.00. The first-order chi connectivity index (χ1) is 14.5. The molecule has 0 atom stereocenters. The Morgan fingerprint density at radius 1 is 0.806 bits per heavy atom. The van der Waals surface area contributed by atoms with Crippen molar-refractivity contribution in [2.75, 3.05) is 4.31 Å². The largest absolute Gasteiger partial charge is 0.505 e. The Morgan fingerprint density at radius 2 is 1.29 bits per heavy atom. The molecule has 3 aromatic rings. The first-order valence-electron chi connectivity index (χ1n) is 8.43. The van der Waals surface area contributed by atoms with Gasteiger partial charge in [0.2, 0.25) is 0 Å². The smallest absolute Gasteiger partial charge is 0.272 e. The van der Waals surface area contributed by atoms with Gasteiger partial charge in [-0.1, -0.05) is 75.7 Å². The van der Waals surface area contributed by atoms with Gasteiger partial charge in [-0.15, -0.1) is 0 Å². The first kappa shape index (κ1) is 24.0. The number of hydrogen-bond acceptors (Lipinski definition) is 4. The number of sulfonamides is 1. The second-order valence-corrected chi connectivity index (χ2v) is 10.1. The highest BCUT2D eigenvalue weighted by atomic mass is 35.5. The molecular formula is C20H12Cl5NO4S. The minimum atomic E-state index is -4.54. The summed E-state index contributed by atoms with van der Waals surface area (Å²) in [6.07, 6.45) is 0. The quantitative estimate of drug-likeness (QED) is 0.362. The van der Waals surface area contributed by atoms with Crippen LogP contribution in [0.1, 0.15) is 15.9 Å². The van der Waals surface area contributed by atoms with Gasteiger partial charge in [-0.3, -0.25) is 4.79 Å². The number of phenolic OH excluding ortho intramolecular Hbond substituents is 1. The number of carbonyl (C=O) groups excluding carboxylic acids is 1. The van der Waals surface area contributed by atoms with Crippen molar-refractivity contribution in [1.29, 1.82) is 0 Å². The topological polar surface area (TPSA) is 74.7 Å². The third-order valence-electron chi connectivity index (χ3n) is 4.25. The van der Waals surface area contributed by atoms with E-state index in [0.717, 1.165) is 5.56 Å². The average Bonchev–Trinajstić information content (AvgIpc) is 2.74. The summed E-state index contributed by atoms with van der Waals surface area (Å²) >= 11 is 30.4. The summed E-state index contributed by atoms with van der Waals surface area (Å²) < 4.78 is 27.5. The third kappa shape index (κ3) is 4.46. The molecule has 0 bridgehead atoms. The van der Waals surface area contributed by atoms with Crippen molar-refractivity contribution < 1.29 is 18.3 Å². The molecule has 0 aliphatic carbocycles. The second-order valence-electron chi connectivity index (χ2n) is 6.35. The van der Waals surface area contributed by atoms with Crippen molar-refractivity contribution >= 4 is 79.6 Å². The number of rotatable bonds is 4. The van der Waals surface area contributed by atoms with Crippen LogP contribution >= 0.6 is 58.0 Å². The highest BCUT2D eigenvalue weighted by Gasteiger charge is 2.37. The molecular weight excluding hydrogens is 528 g/mol. The molecule has 0 aromatic heterocycles. The van der Waals surface area contributed by atoms with Crippen molar-refractivity contribution in [2.45, 2.75) is 11.8 Å². The van der Waals surface area contributed by atoms with Crippen molar-refractivity contribution in [3.63, 3.8) is 0 Å². The summed E-state index contributed by atoms with van der Waals surface area (Å²) in [7, 11) is -4.54. The summed E-state index contributed by atoms with van der Waals surface area (Å²) in [6, 6.07) is 11.3. The zero-order valence-electron chi connectivity index (χ0n) is 15.5. The molecule has 0 aliphatic heterocycles. The summed E-state index contributed by atoms with van der Waals surface area (Å²) in [6.45, 7) is 1.78. The van der Waals surface area contributed by atoms with Gasteiger partial charge < -0.3 is 5.11 Å². The normalized spacial score (nSPS) is 11.4. The molecule has 0 unspecified atom stereocenters. The first-order valence-corrected chi connectivity index (χ1v) is 11.8. The molecule has 0 radical (unpaired) electrons. The lowest BCUT2D eigenvalue weighted by Crippen LogP contribution is -2.37. The van der Waals surface area contributed by atoms with Crippen molar-refractivity contribution in [3.05, 3.63) is 84.8 Å². The Morgan fingerprint density at radius 3 is 1.77 bits per heavy atom. The molecule has 5 nitrogen and oxygen atoms in total. The zero-order chi connectivity index (χ0) is 23.1. The third-order valence-corrected chi connectivity index (χ3v) is 7.87. The van der Waals surface area contributed by atoms with Crippen molar-refractivity contribution in [1.82, 2.24) is 0 Å². The van der Waals surface area contributed by atoms with Crippen LogP contribution in [0, 0.1) is 6.92 Å². The lowest BCUT2D eigenvalue weighted by atomic mass is 10.2. The average molecular weight is 540 g/mol. The van der Waals surface area contributed by atoms with E-state index in [1.165, 1.54) is 36.4 Å². The number of nitrogens with zero attached hydrogens (tertiary/aromatic N) is 1. The van der Waals surface area contributed by atoms with Crippen LogP contribution in [0.5, 0.6) is 5.75 Å². The molecule has 3 rings (SSSR count). The molecule has 0 saturated heterocycles. The van der Waals surface area contributed by atoms with Crippen LogP contribution < -0.4 is 4.31 Å². The Labute approximate surface area is 203 Å². The number of aryl methyl sites for hydroxylation is 1. The minimum absolute atomic E-state index is 0.0208. The maximum Gasteiger partial charge on any atom is 0.272 e. The van der Waals surface area contributed by atoms with Gasteiger partial charge in [0.25, 0.3) is 15.9 Å². The van der Waals surface area contributed by atoms with Crippen LogP contribution in [0.15, 0.2) is 53.4 Å². The molecule has 0 aliphatic rings. The van der Waals surface area contributed by atoms with Gasteiger partial charge in [0.05, 0.1) is 14.9 Å². The molecule has 0 fully saturated rings. The van der Waals surface area contributed by atoms with E-state index >= 15 is 0 Å². The Bertz CT molecular complexity index is 1250. The molecule has 11 heteroatoms. The van der Waals surface area contributed by atoms with E-state index in [1.807, 2.05) is 0 Å². The maximum absolute atomic E-state index is 13.6. The summed E-state index contributed by atoms with van der Waals surface area (Å²) in [5, 5.41) is 8.50. The molecule has 1 amide bonds. The fourth-order valence-corrected chi connectivity index (χ4v) is 5.31. The molecule has 0 saturated carbocycles. The summed E-state index contributed by atoms with van der Waals surface area (Å²) in [5.41, 5.74) is 0.297. The number of phenols is 1. The second kappa shape index (κ2) is 9.06. The van der Waals surface area contributed by atoms with E-state index in [1.54, 1.807) is 19.1 Å². The summed E-state index contributed by atoms with van der Waals surface area (Å²) in [5.74, 6) is -1.63. The molecule has 3 aromatic carbocycles. The number of hydrogen-bond donors (Lipinski definition) is 1. The molecule has 31 heavy (non-hydrogen) atoms. The Balaban J connectivity index is 2.35. The van der Waals surface area contributed by atoms with Crippen LogP contribution in [0.4, 0.5) is 5.69 Å². The molecule has 1 N–H and O–H groups in total.